The molecular formula is C21H24N2O3S2. The number of amides is 1. The zero-order valence-corrected chi connectivity index (χ0v) is 18.2. The summed E-state index contributed by atoms with van der Waals surface area (Å²) in [6.07, 6.45) is 0.141. The summed E-state index contributed by atoms with van der Waals surface area (Å²) in [5.41, 5.74) is 4.22. The van der Waals surface area contributed by atoms with E-state index in [-0.39, 0.29) is 23.0 Å². The van der Waals surface area contributed by atoms with Crippen molar-refractivity contribution in [1.29, 1.82) is 0 Å². The van der Waals surface area contributed by atoms with Crippen molar-refractivity contribution in [3.8, 4) is 0 Å². The van der Waals surface area contributed by atoms with Crippen LogP contribution in [0.4, 0.5) is 0 Å². The minimum Gasteiger partial charge on any atom is -0.317 e. The lowest BCUT2D eigenvalue weighted by Gasteiger charge is -2.04. The quantitative estimate of drug-likeness (QED) is 0.635. The Bertz CT molecular complexity index is 1200. The molecule has 28 heavy (non-hydrogen) atoms. The molecule has 0 radical (unpaired) electrons. The summed E-state index contributed by atoms with van der Waals surface area (Å²) in [4.78, 5) is 17.8. The average molecular weight is 417 g/mol. The van der Waals surface area contributed by atoms with Crippen LogP contribution in [0.15, 0.2) is 46.3 Å². The van der Waals surface area contributed by atoms with E-state index in [4.69, 9.17) is 0 Å². The first-order valence-electron chi connectivity index (χ1n) is 9.25. The van der Waals surface area contributed by atoms with E-state index in [9.17, 15) is 13.2 Å². The van der Waals surface area contributed by atoms with Gasteiger partial charge in [-0.2, -0.15) is 4.99 Å². The van der Waals surface area contributed by atoms with Gasteiger partial charge in [0.05, 0.1) is 27.3 Å². The number of nitrogens with zero attached hydrogens (tertiary/aromatic N) is 2. The number of sulfone groups is 1. The number of hydrogen-bond donors (Lipinski definition) is 0. The molecule has 0 spiro atoms. The number of carbonyl (C=O) groups is 1. The highest BCUT2D eigenvalue weighted by Gasteiger charge is 2.12. The van der Waals surface area contributed by atoms with Crippen LogP contribution in [0.25, 0.3) is 10.2 Å². The van der Waals surface area contributed by atoms with Crippen LogP contribution in [0, 0.1) is 13.8 Å². The molecule has 148 valence electrons. The number of thiazole rings is 1. The molecule has 0 saturated carbocycles. The fourth-order valence-electron chi connectivity index (χ4n) is 3.21. The zero-order valence-electron chi connectivity index (χ0n) is 16.5. The SMILES string of the molecule is CCn1c(=NC(=O)Cc2ccc(S(=O)(=O)CC)cc2)sc2c(C)cc(C)cc21. The van der Waals surface area contributed by atoms with Crippen LogP contribution < -0.4 is 4.80 Å². The maximum absolute atomic E-state index is 12.5. The highest BCUT2D eigenvalue weighted by atomic mass is 32.2. The van der Waals surface area contributed by atoms with E-state index < -0.39 is 9.84 Å². The van der Waals surface area contributed by atoms with Crippen molar-refractivity contribution in [3.05, 3.63) is 57.9 Å². The van der Waals surface area contributed by atoms with Gasteiger partial charge in [-0.25, -0.2) is 8.42 Å². The Balaban J connectivity index is 1.92. The van der Waals surface area contributed by atoms with E-state index in [2.05, 4.69) is 35.5 Å². The summed E-state index contributed by atoms with van der Waals surface area (Å²) in [5, 5.41) is 0. The summed E-state index contributed by atoms with van der Waals surface area (Å²) in [7, 11) is -3.23. The number of hydrogen-bond acceptors (Lipinski definition) is 4. The number of fused-ring (bicyclic) bond motifs is 1. The second-order valence-corrected chi connectivity index (χ2v) is 10.0. The first-order chi connectivity index (χ1) is 13.2. The molecule has 0 unspecified atom stereocenters. The van der Waals surface area contributed by atoms with Crippen LogP contribution in [0.3, 0.4) is 0 Å². The average Bonchev–Trinajstić information content (AvgIpc) is 2.99. The first-order valence-corrected chi connectivity index (χ1v) is 11.7. The number of aryl methyl sites for hydroxylation is 3. The lowest BCUT2D eigenvalue weighted by Crippen LogP contribution is -2.16. The van der Waals surface area contributed by atoms with E-state index >= 15 is 0 Å². The van der Waals surface area contributed by atoms with E-state index in [0.29, 0.717) is 4.80 Å². The van der Waals surface area contributed by atoms with E-state index in [1.165, 1.54) is 22.5 Å². The van der Waals surface area contributed by atoms with Gasteiger partial charge < -0.3 is 4.57 Å². The smallest absolute Gasteiger partial charge is 0.252 e. The van der Waals surface area contributed by atoms with E-state index in [0.717, 1.165) is 22.3 Å². The predicted molar refractivity (Wildman–Crippen MR) is 113 cm³/mol. The van der Waals surface area contributed by atoms with Crippen molar-refractivity contribution in [1.82, 2.24) is 4.57 Å². The minimum atomic E-state index is -3.23. The van der Waals surface area contributed by atoms with Gasteiger partial charge >= 0.3 is 0 Å². The summed E-state index contributed by atoms with van der Waals surface area (Å²) in [6, 6.07) is 10.7. The van der Waals surface area contributed by atoms with Crippen LogP contribution in [-0.2, 0) is 27.6 Å². The maximum Gasteiger partial charge on any atom is 0.252 e. The molecule has 3 aromatic rings. The van der Waals surface area contributed by atoms with Crippen molar-refractivity contribution < 1.29 is 13.2 Å². The Labute approximate surface area is 169 Å². The normalized spacial score (nSPS) is 12.6. The number of aromatic nitrogens is 1. The van der Waals surface area contributed by atoms with Gasteiger partial charge in [-0.05, 0) is 55.7 Å². The number of benzene rings is 2. The molecule has 7 heteroatoms. The molecule has 2 aromatic carbocycles. The molecule has 0 aliphatic carbocycles. The predicted octanol–water partition coefficient (Wildman–Crippen LogP) is 3.80. The van der Waals surface area contributed by atoms with Crippen LogP contribution in [0.5, 0.6) is 0 Å². The third kappa shape index (κ3) is 4.10. The molecule has 0 fully saturated rings. The summed E-state index contributed by atoms with van der Waals surface area (Å²) in [6.45, 7) is 8.53. The Morgan fingerprint density at radius 3 is 2.39 bits per heavy atom. The topological polar surface area (TPSA) is 68.5 Å². The Morgan fingerprint density at radius 2 is 1.79 bits per heavy atom. The van der Waals surface area contributed by atoms with Gasteiger partial charge in [-0.15, -0.1) is 0 Å². The largest absolute Gasteiger partial charge is 0.317 e. The van der Waals surface area contributed by atoms with Gasteiger partial charge in [0.2, 0.25) is 0 Å². The van der Waals surface area contributed by atoms with Crippen molar-refractivity contribution in [2.75, 3.05) is 5.75 Å². The standard InChI is InChI=1S/C21H24N2O3S2/c1-5-23-18-12-14(3)11-15(4)20(18)27-21(23)22-19(24)13-16-7-9-17(10-8-16)28(25,26)6-2/h7-12H,5-6,13H2,1-4H3. The van der Waals surface area contributed by atoms with Crippen LogP contribution in [0.1, 0.15) is 30.5 Å². The third-order valence-electron chi connectivity index (χ3n) is 4.67. The van der Waals surface area contributed by atoms with Gasteiger partial charge in [0.25, 0.3) is 5.91 Å². The fraction of sp³-hybridized carbons (Fsp3) is 0.333. The molecule has 1 heterocycles. The molecule has 3 rings (SSSR count). The highest BCUT2D eigenvalue weighted by molar-refractivity contribution is 7.91. The summed E-state index contributed by atoms with van der Waals surface area (Å²) < 4.78 is 27.0. The molecule has 1 amide bonds. The van der Waals surface area contributed by atoms with Crippen LogP contribution in [0.2, 0.25) is 0 Å². The van der Waals surface area contributed by atoms with Gasteiger partial charge in [0.1, 0.15) is 0 Å². The molecule has 0 atom stereocenters. The number of carbonyl (C=O) groups excluding carboxylic acids is 1. The Hall–Kier alpha value is -2.25. The molecule has 0 bridgehead atoms. The molecule has 5 nitrogen and oxygen atoms in total. The summed E-state index contributed by atoms with van der Waals surface area (Å²) >= 11 is 1.53. The molecule has 0 saturated heterocycles. The first kappa shape index (κ1) is 20.5. The van der Waals surface area contributed by atoms with E-state index in [1.807, 2.05) is 6.92 Å². The maximum atomic E-state index is 12.5. The van der Waals surface area contributed by atoms with Gasteiger partial charge in [0, 0.05) is 6.54 Å². The van der Waals surface area contributed by atoms with Crippen molar-refractivity contribution in [2.45, 2.75) is 45.6 Å². The van der Waals surface area contributed by atoms with Gasteiger partial charge in [-0.1, -0.05) is 36.5 Å². The lowest BCUT2D eigenvalue weighted by molar-refractivity contribution is -0.117. The highest BCUT2D eigenvalue weighted by Crippen LogP contribution is 2.23. The van der Waals surface area contributed by atoms with Crippen molar-refractivity contribution >= 4 is 37.3 Å². The van der Waals surface area contributed by atoms with Crippen molar-refractivity contribution in [3.63, 3.8) is 0 Å². The van der Waals surface area contributed by atoms with Crippen LogP contribution >= 0.6 is 11.3 Å². The minimum absolute atomic E-state index is 0.0580. The van der Waals surface area contributed by atoms with Gasteiger partial charge in [-0.3, -0.25) is 4.79 Å². The molecular weight excluding hydrogens is 392 g/mol. The second-order valence-electron chi connectivity index (χ2n) is 6.79. The Kier molecular flexibility index (Phi) is 5.86. The van der Waals surface area contributed by atoms with E-state index in [1.54, 1.807) is 31.2 Å². The number of rotatable bonds is 5. The molecule has 0 aliphatic heterocycles. The van der Waals surface area contributed by atoms with Crippen molar-refractivity contribution in [2.24, 2.45) is 4.99 Å². The second kappa shape index (κ2) is 8.01. The van der Waals surface area contributed by atoms with Crippen LogP contribution in [-0.4, -0.2) is 24.6 Å². The summed E-state index contributed by atoms with van der Waals surface area (Å²) in [5.74, 6) is -0.183. The monoisotopic (exact) mass is 416 g/mol. The Morgan fingerprint density at radius 1 is 1.11 bits per heavy atom. The zero-order chi connectivity index (χ0) is 20.5. The fourth-order valence-corrected chi connectivity index (χ4v) is 5.25. The molecule has 0 aliphatic rings. The van der Waals surface area contributed by atoms with Gasteiger partial charge in [0.15, 0.2) is 14.6 Å². The third-order valence-corrected chi connectivity index (χ3v) is 7.65. The lowest BCUT2D eigenvalue weighted by atomic mass is 10.1. The molecule has 0 N–H and O–H groups in total. The molecule has 1 aromatic heterocycles.